The lowest BCUT2D eigenvalue weighted by Gasteiger charge is -2.32. The zero-order valence-electron chi connectivity index (χ0n) is 16.6. The number of rotatable bonds is 6. The Morgan fingerprint density at radius 2 is 1.93 bits per heavy atom. The largest absolute Gasteiger partial charge is 0.381 e. The van der Waals surface area contributed by atoms with Gasteiger partial charge >= 0.3 is 0 Å². The number of hydrogen-bond acceptors (Lipinski definition) is 4. The third kappa shape index (κ3) is 4.15. The number of nitrogens with one attached hydrogen (secondary N) is 2. The third-order valence-corrected chi connectivity index (χ3v) is 5.70. The SMILES string of the molecule is O=C(NO)c1ccc(CNc2ccc(C3(C4=CCC(F)C=C4)CCCO3)cc2)cc1. The van der Waals surface area contributed by atoms with Crippen LogP contribution in [-0.2, 0) is 16.9 Å². The summed E-state index contributed by atoms with van der Waals surface area (Å²) in [6.07, 6.45) is 6.80. The molecular formula is C24H25FN2O3. The second-order valence-electron chi connectivity index (χ2n) is 7.62. The molecule has 6 heteroatoms. The van der Waals surface area contributed by atoms with Gasteiger partial charge in [0.15, 0.2) is 0 Å². The van der Waals surface area contributed by atoms with Crippen molar-refractivity contribution >= 4 is 11.6 Å². The first kappa shape index (κ1) is 20.3. The highest BCUT2D eigenvalue weighted by Gasteiger charge is 2.40. The molecule has 2 aromatic rings. The van der Waals surface area contributed by atoms with Crippen molar-refractivity contribution in [1.29, 1.82) is 0 Å². The summed E-state index contributed by atoms with van der Waals surface area (Å²) in [6, 6.07) is 15.2. The number of ether oxygens (including phenoxy) is 1. The Labute approximate surface area is 175 Å². The number of carbonyl (C=O) groups is 1. The number of amides is 1. The molecule has 0 bridgehead atoms. The first-order valence-corrected chi connectivity index (χ1v) is 10.2. The number of hydroxylamine groups is 1. The van der Waals surface area contributed by atoms with E-state index in [0.29, 0.717) is 25.1 Å². The smallest absolute Gasteiger partial charge is 0.274 e. The van der Waals surface area contributed by atoms with E-state index in [1.54, 1.807) is 23.7 Å². The maximum absolute atomic E-state index is 13.5. The van der Waals surface area contributed by atoms with E-state index in [9.17, 15) is 9.18 Å². The van der Waals surface area contributed by atoms with Crippen LogP contribution in [0.3, 0.4) is 0 Å². The van der Waals surface area contributed by atoms with Gasteiger partial charge < -0.3 is 10.1 Å². The molecule has 0 saturated carbocycles. The molecule has 2 atom stereocenters. The molecule has 1 aliphatic heterocycles. The molecular weight excluding hydrogens is 383 g/mol. The molecule has 4 rings (SSSR count). The van der Waals surface area contributed by atoms with Gasteiger partial charge in [-0.3, -0.25) is 10.0 Å². The lowest BCUT2D eigenvalue weighted by molar-refractivity contribution is 0.0346. The maximum Gasteiger partial charge on any atom is 0.274 e. The topological polar surface area (TPSA) is 70.6 Å². The Bertz CT molecular complexity index is 945. The molecule has 0 radical (unpaired) electrons. The Morgan fingerprint density at radius 1 is 1.17 bits per heavy atom. The first-order chi connectivity index (χ1) is 14.6. The summed E-state index contributed by atoms with van der Waals surface area (Å²) in [4.78, 5) is 11.4. The number of hydrogen-bond donors (Lipinski definition) is 3. The minimum Gasteiger partial charge on any atom is -0.381 e. The molecule has 156 valence electrons. The van der Waals surface area contributed by atoms with E-state index in [-0.39, 0.29) is 0 Å². The fraction of sp³-hybridized carbons (Fsp3) is 0.292. The summed E-state index contributed by atoms with van der Waals surface area (Å²) in [5, 5.41) is 12.0. The van der Waals surface area contributed by atoms with Gasteiger partial charge in [-0.05, 0) is 53.8 Å². The van der Waals surface area contributed by atoms with Gasteiger partial charge in [0, 0.05) is 30.8 Å². The Kier molecular flexibility index (Phi) is 5.97. The van der Waals surface area contributed by atoms with Gasteiger partial charge in [-0.2, -0.15) is 0 Å². The number of allylic oxidation sites excluding steroid dienone is 2. The fourth-order valence-corrected chi connectivity index (χ4v) is 4.06. The molecule has 0 spiro atoms. The van der Waals surface area contributed by atoms with Gasteiger partial charge in [0.1, 0.15) is 11.8 Å². The predicted molar refractivity (Wildman–Crippen MR) is 113 cm³/mol. The monoisotopic (exact) mass is 408 g/mol. The van der Waals surface area contributed by atoms with Crippen LogP contribution in [-0.4, -0.2) is 23.9 Å². The van der Waals surface area contributed by atoms with Crippen LogP contribution in [0.1, 0.15) is 40.7 Å². The zero-order chi connectivity index (χ0) is 21.0. The minimum absolute atomic E-state index is 0.398. The van der Waals surface area contributed by atoms with E-state index in [4.69, 9.17) is 9.94 Å². The Morgan fingerprint density at radius 3 is 2.53 bits per heavy atom. The molecule has 1 fully saturated rings. The molecule has 0 aromatic heterocycles. The van der Waals surface area contributed by atoms with E-state index >= 15 is 0 Å². The molecule has 1 saturated heterocycles. The van der Waals surface area contributed by atoms with Crippen molar-refractivity contribution in [2.24, 2.45) is 0 Å². The number of alkyl halides is 1. The van der Waals surface area contributed by atoms with Crippen LogP contribution in [0.5, 0.6) is 0 Å². The van der Waals surface area contributed by atoms with E-state index in [1.807, 2.05) is 36.4 Å². The summed E-state index contributed by atoms with van der Waals surface area (Å²) in [6.45, 7) is 1.31. The standard InChI is InChI=1S/C24H25FN2O3/c25-21-10-6-19(7-11-21)24(14-1-15-30-24)20-8-12-22(13-9-20)26-16-17-2-4-18(5-3-17)23(28)27-29/h2-10,12-13,21,26,29H,1,11,14-16H2,(H,27,28). The normalized spacial score (nSPS) is 23.1. The van der Waals surface area contributed by atoms with E-state index in [2.05, 4.69) is 17.4 Å². The molecule has 1 heterocycles. The zero-order valence-corrected chi connectivity index (χ0v) is 16.6. The highest BCUT2D eigenvalue weighted by Crippen LogP contribution is 2.44. The van der Waals surface area contributed by atoms with Crippen LogP contribution in [0.4, 0.5) is 10.1 Å². The van der Waals surface area contributed by atoms with Gasteiger partial charge in [0.25, 0.3) is 5.91 Å². The van der Waals surface area contributed by atoms with Gasteiger partial charge in [-0.1, -0.05) is 42.5 Å². The van der Waals surface area contributed by atoms with E-state index < -0.39 is 17.7 Å². The Hall–Kier alpha value is -2.96. The summed E-state index contributed by atoms with van der Waals surface area (Å²) >= 11 is 0. The third-order valence-electron chi connectivity index (χ3n) is 5.70. The quantitative estimate of drug-likeness (QED) is 0.481. The van der Waals surface area contributed by atoms with Gasteiger partial charge in [0.2, 0.25) is 0 Å². The fourth-order valence-electron chi connectivity index (χ4n) is 4.06. The average Bonchev–Trinajstić information content (AvgIpc) is 3.29. The number of halogens is 1. The van der Waals surface area contributed by atoms with Gasteiger partial charge in [-0.15, -0.1) is 0 Å². The van der Waals surface area contributed by atoms with Gasteiger partial charge in [0.05, 0.1) is 0 Å². The van der Waals surface area contributed by atoms with Crippen molar-refractivity contribution in [2.45, 2.75) is 37.6 Å². The van der Waals surface area contributed by atoms with Crippen LogP contribution in [0.2, 0.25) is 0 Å². The first-order valence-electron chi connectivity index (χ1n) is 10.2. The highest BCUT2D eigenvalue weighted by atomic mass is 19.1. The Balaban J connectivity index is 1.44. The lowest BCUT2D eigenvalue weighted by atomic mass is 9.81. The molecule has 30 heavy (non-hydrogen) atoms. The molecule has 1 aliphatic carbocycles. The number of benzene rings is 2. The molecule has 2 unspecified atom stereocenters. The van der Waals surface area contributed by atoms with Crippen LogP contribution in [0.25, 0.3) is 0 Å². The van der Waals surface area contributed by atoms with Crippen LogP contribution < -0.4 is 10.8 Å². The van der Waals surface area contributed by atoms with Crippen molar-refractivity contribution in [2.75, 3.05) is 11.9 Å². The van der Waals surface area contributed by atoms with Crippen molar-refractivity contribution < 1.29 is 19.1 Å². The van der Waals surface area contributed by atoms with Crippen molar-refractivity contribution in [3.63, 3.8) is 0 Å². The van der Waals surface area contributed by atoms with Crippen LogP contribution in [0.15, 0.2) is 72.3 Å². The number of carbonyl (C=O) groups excluding carboxylic acids is 1. The lowest BCUT2D eigenvalue weighted by Crippen LogP contribution is -2.28. The summed E-state index contributed by atoms with van der Waals surface area (Å²) < 4.78 is 19.7. The predicted octanol–water partition coefficient (Wildman–Crippen LogP) is 4.65. The minimum atomic E-state index is -0.911. The highest BCUT2D eigenvalue weighted by molar-refractivity contribution is 5.93. The van der Waals surface area contributed by atoms with Crippen molar-refractivity contribution in [3.05, 3.63) is 89.0 Å². The molecule has 2 aromatic carbocycles. The summed E-state index contributed by atoms with van der Waals surface area (Å²) in [5.74, 6) is -0.530. The average molecular weight is 408 g/mol. The molecule has 2 aliphatic rings. The maximum atomic E-state index is 13.5. The molecule has 3 N–H and O–H groups in total. The second kappa shape index (κ2) is 8.81. The molecule has 5 nitrogen and oxygen atoms in total. The van der Waals surface area contributed by atoms with Gasteiger partial charge in [-0.25, -0.2) is 9.87 Å². The van der Waals surface area contributed by atoms with E-state index in [1.165, 1.54) is 0 Å². The van der Waals surface area contributed by atoms with Crippen molar-refractivity contribution in [1.82, 2.24) is 5.48 Å². The molecule has 1 amide bonds. The summed E-state index contributed by atoms with van der Waals surface area (Å²) in [7, 11) is 0. The van der Waals surface area contributed by atoms with Crippen LogP contribution in [0, 0.1) is 0 Å². The number of anilines is 1. The van der Waals surface area contributed by atoms with Crippen LogP contribution >= 0.6 is 0 Å². The van der Waals surface area contributed by atoms with Crippen molar-refractivity contribution in [3.8, 4) is 0 Å². The van der Waals surface area contributed by atoms with E-state index in [0.717, 1.165) is 35.2 Å². The summed E-state index contributed by atoms with van der Waals surface area (Å²) in [5.41, 5.74) is 5.65. The second-order valence-corrected chi connectivity index (χ2v) is 7.62.